The van der Waals surface area contributed by atoms with Gasteiger partial charge in [-0.3, -0.25) is 4.90 Å². The lowest BCUT2D eigenvalue weighted by Crippen LogP contribution is -2.54. The predicted octanol–water partition coefficient (Wildman–Crippen LogP) is 1.64. The molecule has 3 heterocycles. The van der Waals surface area contributed by atoms with E-state index in [0.717, 1.165) is 36.1 Å². The summed E-state index contributed by atoms with van der Waals surface area (Å²) in [5.74, 6) is 1.52. The number of rotatable bonds is 5. The van der Waals surface area contributed by atoms with Crippen molar-refractivity contribution in [1.82, 2.24) is 13.5 Å². The van der Waals surface area contributed by atoms with Crippen LogP contribution in [0.1, 0.15) is 43.9 Å². The lowest BCUT2D eigenvalue weighted by atomic mass is 10.0. The minimum absolute atomic E-state index is 0.190. The van der Waals surface area contributed by atoms with Crippen LogP contribution in [0.4, 0.5) is 0 Å². The first-order valence-corrected chi connectivity index (χ1v) is 12.2. The highest BCUT2D eigenvalue weighted by Gasteiger charge is 2.34. The molecule has 3 aliphatic heterocycles. The maximum atomic E-state index is 12.9. The van der Waals surface area contributed by atoms with Crippen molar-refractivity contribution in [1.29, 1.82) is 0 Å². The second kappa shape index (κ2) is 8.51. The number of hydrogen-bond acceptors (Lipinski definition) is 5. The fourth-order valence-corrected chi connectivity index (χ4v) is 6.14. The van der Waals surface area contributed by atoms with E-state index < -0.39 is 16.3 Å². The van der Waals surface area contributed by atoms with Gasteiger partial charge in [-0.05, 0) is 48.9 Å². The highest BCUT2D eigenvalue weighted by molar-refractivity contribution is 7.86. The van der Waals surface area contributed by atoms with Crippen LogP contribution in [0.25, 0.3) is 0 Å². The van der Waals surface area contributed by atoms with Gasteiger partial charge in [-0.1, -0.05) is 13.0 Å². The van der Waals surface area contributed by atoms with Crippen LogP contribution >= 0.6 is 0 Å². The lowest BCUT2D eigenvalue weighted by Gasteiger charge is -2.39. The molecule has 0 aliphatic carbocycles. The Bertz CT molecular complexity index is 815. The van der Waals surface area contributed by atoms with Crippen LogP contribution in [-0.4, -0.2) is 79.0 Å². The van der Waals surface area contributed by atoms with Crippen LogP contribution in [0.3, 0.4) is 0 Å². The zero-order valence-corrected chi connectivity index (χ0v) is 18.3. The van der Waals surface area contributed by atoms with Crippen molar-refractivity contribution in [2.45, 2.75) is 45.3 Å². The maximum absolute atomic E-state index is 12.9. The molecule has 0 bridgehead atoms. The molecule has 0 amide bonds. The summed E-state index contributed by atoms with van der Waals surface area (Å²) in [7, 11) is -3.36. The Morgan fingerprint density at radius 1 is 1.07 bits per heavy atom. The van der Waals surface area contributed by atoms with Crippen molar-refractivity contribution in [3.63, 3.8) is 0 Å². The first-order valence-electron chi connectivity index (χ1n) is 10.8. The second-order valence-electron chi connectivity index (χ2n) is 8.80. The minimum atomic E-state index is -3.36. The monoisotopic (exact) mass is 423 g/mol. The summed E-state index contributed by atoms with van der Waals surface area (Å²) in [6, 6.07) is 5.92. The smallest absolute Gasteiger partial charge is 0.282 e. The van der Waals surface area contributed by atoms with Crippen LogP contribution in [-0.2, 0) is 16.6 Å². The third-order valence-corrected chi connectivity index (χ3v) is 8.50. The third kappa shape index (κ3) is 4.61. The number of piperazine rings is 1. The number of aliphatic hydroxyl groups is 1. The van der Waals surface area contributed by atoms with Gasteiger partial charge in [0.1, 0.15) is 11.9 Å². The molecule has 1 aromatic carbocycles. The fourth-order valence-electron chi connectivity index (χ4n) is 4.52. The molecular formula is C21H33N3O4S. The molecule has 1 aromatic rings. The highest BCUT2D eigenvalue weighted by atomic mass is 32.2. The molecule has 162 valence electrons. The number of piperidine rings is 1. The van der Waals surface area contributed by atoms with E-state index in [9.17, 15) is 13.5 Å². The molecule has 0 saturated carbocycles. The molecule has 2 unspecified atom stereocenters. The van der Waals surface area contributed by atoms with Crippen LogP contribution in [0, 0.1) is 5.92 Å². The van der Waals surface area contributed by atoms with E-state index in [2.05, 4.69) is 11.8 Å². The number of benzene rings is 1. The molecule has 7 nitrogen and oxygen atoms in total. The summed E-state index contributed by atoms with van der Waals surface area (Å²) in [5, 5.41) is 10.7. The Hall–Kier alpha value is -1.19. The van der Waals surface area contributed by atoms with Gasteiger partial charge in [0.15, 0.2) is 0 Å². The number of aliphatic hydroxyl groups excluding tert-OH is 1. The van der Waals surface area contributed by atoms with Gasteiger partial charge in [0.2, 0.25) is 0 Å². The number of ether oxygens (including phenoxy) is 1. The van der Waals surface area contributed by atoms with E-state index in [1.165, 1.54) is 0 Å². The Balaban J connectivity index is 1.30. The van der Waals surface area contributed by atoms with Crippen molar-refractivity contribution in [2.75, 3.05) is 45.8 Å². The van der Waals surface area contributed by atoms with Crippen molar-refractivity contribution >= 4 is 10.2 Å². The van der Waals surface area contributed by atoms with Gasteiger partial charge in [0.25, 0.3) is 10.2 Å². The standard InChI is InChI=1S/C21H33N3O4S/c1-16-5-7-23(8-6-16)29(26,27)24-11-9-22(10-12-24)15-20(25)18-3-4-21-19(14-18)13-17(2)28-21/h3-4,14,16-17,20,25H,5-13,15H2,1-2H3. The van der Waals surface area contributed by atoms with Crippen LogP contribution in [0.5, 0.6) is 5.75 Å². The van der Waals surface area contributed by atoms with E-state index in [0.29, 0.717) is 51.7 Å². The molecule has 0 spiro atoms. The minimum Gasteiger partial charge on any atom is -0.490 e. The normalized spacial score (nSPS) is 26.2. The number of fused-ring (bicyclic) bond motifs is 1. The molecule has 2 saturated heterocycles. The molecule has 2 atom stereocenters. The van der Waals surface area contributed by atoms with E-state index in [1.807, 2.05) is 25.1 Å². The van der Waals surface area contributed by atoms with Gasteiger partial charge in [-0.2, -0.15) is 17.0 Å². The SMILES string of the molecule is CC1CCN(S(=O)(=O)N2CCN(CC(O)c3ccc4c(c3)CC(C)O4)CC2)CC1. The zero-order valence-electron chi connectivity index (χ0n) is 17.5. The summed E-state index contributed by atoms with van der Waals surface area (Å²) in [6.45, 7) is 8.26. The Morgan fingerprint density at radius 2 is 1.72 bits per heavy atom. The average Bonchev–Trinajstić information content (AvgIpc) is 3.08. The van der Waals surface area contributed by atoms with Crippen molar-refractivity contribution in [3.05, 3.63) is 29.3 Å². The van der Waals surface area contributed by atoms with Crippen molar-refractivity contribution in [2.24, 2.45) is 5.92 Å². The molecular weight excluding hydrogens is 390 g/mol. The second-order valence-corrected chi connectivity index (χ2v) is 10.7. The number of nitrogens with zero attached hydrogens (tertiary/aromatic N) is 3. The van der Waals surface area contributed by atoms with Gasteiger partial charge in [-0.25, -0.2) is 0 Å². The van der Waals surface area contributed by atoms with Gasteiger partial charge in [0, 0.05) is 52.2 Å². The molecule has 1 N–H and O–H groups in total. The summed E-state index contributed by atoms with van der Waals surface area (Å²) in [5.41, 5.74) is 2.06. The molecule has 29 heavy (non-hydrogen) atoms. The molecule has 0 radical (unpaired) electrons. The van der Waals surface area contributed by atoms with E-state index in [4.69, 9.17) is 4.74 Å². The summed E-state index contributed by atoms with van der Waals surface area (Å²) < 4.78 is 34.8. The first kappa shape index (κ1) is 21.1. The summed E-state index contributed by atoms with van der Waals surface area (Å²) >= 11 is 0. The van der Waals surface area contributed by atoms with E-state index in [1.54, 1.807) is 8.61 Å². The lowest BCUT2D eigenvalue weighted by molar-refractivity contribution is 0.0902. The molecule has 3 aliphatic rings. The van der Waals surface area contributed by atoms with Gasteiger partial charge in [0.05, 0.1) is 6.10 Å². The van der Waals surface area contributed by atoms with Crippen LogP contribution < -0.4 is 4.74 Å². The first-order chi connectivity index (χ1) is 13.8. The van der Waals surface area contributed by atoms with Crippen LogP contribution in [0.2, 0.25) is 0 Å². The zero-order chi connectivity index (χ0) is 20.6. The van der Waals surface area contributed by atoms with Gasteiger partial charge < -0.3 is 9.84 Å². The predicted molar refractivity (Wildman–Crippen MR) is 112 cm³/mol. The Morgan fingerprint density at radius 3 is 2.41 bits per heavy atom. The average molecular weight is 424 g/mol. The molecule has 0 aromatic heterocycles. The molecule has 8 heteroatoms. The van der Waals surface area contributed by atoms with Gasteiger partial charge >= 0.3 is 0 Å². The highest BCUT2D eigenvalue weighted by Crippen LogP contribution is 2.31. The van der Waals surface area contributed by atoms with E-state index in [-0.39, 0.29) is 6.10 Å². The third-order valence-electron chi connectivity index (χ3n) is 6.46. The summed E-state index contributed by atoms with van der Waals surface area (Å²) in [4.78, 5) is 2.15. The number of hydrogen-bond donors (Lipinski definition) is 1. The molecule has 2 fully saturated rings. The Labute approximate surface area is 174 Å². The van der Waals surface area contributed by atoms with Crippen molar-refractivity contribution in [3.8, 4) is 5.75 Å². The van der Waals surface area contributed by atoms with E-state index >= 15 is 0 Å². The molecule has 4 rings (SSSR count). The number of β-amino-alcohol motifs (C(OH)–C–C–N with tert-alkyl or cyclic N) is 1. The van der Waals surface area contributed by atoms with Crippen molar-refractivity contribution < 1.29 is 18.3 Å². The summed E-state index contributed by atoms with van der Waals surface area (Å²) in [6.07, 6.45) is 2.37. The van der Waals surface area contributed by atoms with Gasteiger partial charge in [-0.15, -0.1) is 0 Å². The quantitative estimate of drug-likeness (QED) is 0.779. The maximum Gasteiger partial charge on any atom is 0.282 e. The topological polar surface area (TPSA) is 73.3 Å². The van der Waals surface area contributed by atoms with Crippen LogP contribution in [0.15, 0.2) is 18.2 Å². The Kier molecular flexibility index (Phi) is 6.18. The fraction of sp³-hybridized carbons (Fsp3) is 0.714. The largest absolute Gasteiger partial charge is 0.490 e.